The maximum Gasteiger partial charge on any atom is 0.137 e. The van der Waals surface area contributed by atoms with Crippen molar-refractivity contribution in [1.82, 2.24) is 4.90 Å². The van der Waals surface area contributed by atoms with Gasteiger partial charge in [0.05, 0.1) is 7.11 Å². The van der Waals surface area contributed by atoms with Crippen LogP contribution in [0.1, 0.15) is 39.5 Å². The third kappa shape index (κ3) is 5.11. The first-order chi connectivity index (χ1) is 9.22. The van der Waals surface area contributed by atoms with Crippen LogP contribution in [0.25, 0.3) is 0 Å². The number of hydrogen-bond donors (Lipinski definition) is 1. The molecule has 0 saturated heterocycles. The van der Waals surface area contributed by atoms with Crippen molar-refractivity contribution in [2.24, 2.45) is 0 Å². The van der Waals surface area contributed by atoms with Crippen LogP contribution >= 0.6 is 0 Å². The number of unbranched alkanes of at least 4 members (excludes halogenated alkanes) is 2. The number of aliphatic hydroxyl groups excluding tert-OH is 1. The summed E-state index contributed by atoms with van der Waals surface area (Å²) in [5.41, 5.74) is 0.909. The van der Waals surface area contributed by atoms with Gasteiger partial charge in [-0.05, 0) is 18.9 Å². The van der Waals surface area contributed by atoms with E-state index in [0.717, 1.165) is 18.7 Å². The molecule has 3 nitrogen and oxygen atoms in total. The minimum atomic E-state index is -0.638. The van der Waals surface area contributed by atoms with Gasteiger partial charge >= 0.3 is 0 Å². The average molecular weight is 265 g/mol. The van der Waals surface area contributed by atoms with E-state index in [1.807, 2.05) is 18.2 Å². The summed E-state index contributed by atoms with van der Waals surface area (Å²) in [4.78, 5) is 2.31. The van der Waals surface area contributed by atoms with Crippen LogP contribution in [0.5, 0.6) is 0 Å². The average Bonchev–Trinajstić information content (AvgIpc) is 2.43. The molecule has 0 heterocycles. The number of nitrogens with zero attached hydrogens (tertiary/aromatic N) is 1. The van der Waals surface area contributed by atoms with E-state index >= 15 is 0 Å². The molecule has 0 spiro atoms. The third-order valence-electron chi connectivity index (χ3n) is 3.30. The van der Waals surface area contributed by atoms with Crippen molar-refractivity contribution in [2.75, 3.05) is 20.2 Å². The SMILES string of the molecule is CCCCN(/C=C1/C=CC=C(OC)C1O)CCCC. The van der Waals surface area contributed by atoms with E-state index in [4.69, 9.17) is 4.74 Å². The Kier molecular flexibility index (Phi) is 7.34. The Morgan fingerprint density at radius 3 is 2.42 bits per heavy atom. The van der Waals surface area contributed by atoms with E-state index in [2.05, 4.69) is 24.9 Å². The summed E-state index contributed by atoms with van der Waals surface area (Å²) in [5.74, 6) is 0.611. The van der Waals surface area contributed by atoms with Crippen LogP contribution in [-0.4, -0.2) is 36.3 Å². The quantitative estimate of drug-likeness (QED) is 0.731. The Morgan fingerprint density at radius 1 is 1.26 bits per heavy atom. The zero-order valence-electron chi connectivity index (χ0n) is 12.4. The lowest BCUT2D eigenvalue weighted by Gasteiger charge is -2.24. The first kappa shape index (κ1) is 15.8. The van der Waals surface area contributed by atoms with Crippen LogP contribution in [0.15, 0.2) is 35.8 Å². The molecule has 0 amide bonds. The van der Waals surface area contributed by atoms with Crippen LogP contribution in [-0.2, 0) is 4.74 Å². The second-order valence-electron chi connectivity index (χ2n) is 4.91. The molecule has 0 bridgehead atoms. The topological polar surface area (TPSA) is 32.7 Å². The molecule has 3 heteroatoms. The van der Waals surface area contributed by atoms with E-state index in [9.17, 15) is 5.11 Å². The molecule has 0 radical (unpaired) electrons. The molecule has 0 aliphatic heterocycles. The summed E-state index contributed by atoms with van der Waals surface area (Å²) < 4.78 is 5.18. The number of methoxy groups -OCH3 is 1. The Hall–Kier alpha value is -1.22. The zero-order valence-corrected chi connectivity index (χ0v) is 12.4. The molecule has 108 valence electrons. The number of aliphatic hydroxyl groups is 1. The monoisotopic (exact) mass is 265 g/mol. The van der Waals surface area contributed by atoms with E-state index in [1.54, 1.807) is 7.11 Å². The summed E-state index contributed by atoms with van der Waals surface area (Å²) in [6.45, 7) is 6.50. The molecular weight excluding hydrogens is 238 g/mol. The number of rotatable bonds is 8. The van der Waals surface area contributed by atoms with Crippen molar-refractivity contribution in [3.63, 3.8) is 0 Å². The van der Waals surface area contributed by atoms with Crippen molar-refractivity contribution in [3.05, 3.63) is 35.8 Å². The van der Waals surface area contributed by atoms with Gasteiger partial charge in [0.2, 0.25) is 0 Å². The molecule has 1 N–H and O–H groups in total. The molecule has 19 heavy (non-hydrogen) atoms. The molecule has 1 aliphatic rings. The predicted molar refractivity (Wildman–Crippen MR) is 79.7 cm³/mol. The van der Waals surface area contributed by atoms with E-state index < -0.39 is 6.10 Å². The standard InChI is InChI=1S/C16H27NO2/c1-4-6-11-17(12-7-5-2)13-14-9-8-10-15(19-3)16(14)18/h8-10,13,16,18H,4-7,11-12H2,1-3H3/b14-13-. The highest BCUT2D eigenvalue weighted by atomic mass is 16.5. The van der Waals surface area contributed by atoms with Crippen LogP contribution in [0.2, 0.25) is 0 Å². The Labute approximate surface area is 117 Å². The Balaban J connectivity index is 2.71. The maximum absolute atomic E-state index is 10.2. The van der Waals surface area contributed by atoms with Crippen molar-refractivity contribution >= 4 is 0 Å². The van der Waals surface area contributed by atoms with Crippen LogP contribution in [0.4, 0.5) is 0 Å². The van der Waals surface area contributed by atoms with Gasteiger partial charge in [-0.1, -0.05) is 38.8 Å². The van der Waals surface area contributed by atoms with Crippen molar-refractivity contribution < 1.29 is 9.84 Å². The highest BCUT2D eigenvalue weighted by molar-refractivity contribution is 5.37. The van der Waals surface area contributed by atoms with Crippen molar-refractivity contribution in [3.8, 4) is 0 Å². The first-order valence-electron chi connectivity index (χ1n) is 7.29. The second-order valence-corrected chi connectivity index (χ2v) is 4.91. The summed E-state index contributed by atoms with van der Waals surface area (Å²) >= 11 is 0. The maximum atomic E-state index is 10.2. The summed E-state index contributed by atoms with van der Waals surface area (Å²) in [6, 6.07) is 0. The largest absolute Gasteiger partial charge is 0.498 e. The molecule has 1 aliphatic carbocycles. The predicted octanol–water partition coefficient (Wildman–Crippen LogP) is 3.23. The minimum Gasteiger partial charge on any atom is -0.498 e. The fourth-order valence-corrected chi connectivity index (χ4v) is 2.07. The van der Waals surface area contributed by atoms with Gasteiger partial charge in [-0.25, -0.2) is 0 Å². The lowest BCUT2D eigenvalue weighted by molar-refractivity contribution is 0.152. The highest BCUT2D eigenvalue weighted by Gasteiger charge is 2.18. The number of ether oxygens (including phenoxy) is 1. The van der Waals surface area contributed by atoms with Gasteiger partial charge in [-0.15, -0.1) is 0 Å². The van der Waals surface area contributed by atoms with E-state index in [-0.39, 0.29) is 0 Å². The van der Waals surface area contributed by atoms with Crippen LogP contribution in [0.3, 0.4) is 0 Å². The smallest absolute Gasteiger partial charge is 0.137 e. The highest BCUT2D eigenvalue weighted by Crippen LogP contribution is 2.20. The molecule has 0 fully saturated rings. The summed E-state index contributed by atoms with van der Waals surface area (Å²) in [7, 11) is 1.60. The van der Waals surface area contributed by atoms with Crippen molar-refractivity contribution in [2.45, 2.75) is 45.6 Å². The number of hydrogen-bond acceptors (Lipinski definition) is 3. The van der Waals surface area contributed by atoms with Gasteiger partial charge in [0.25, 0.3) is 0 Å². The van der Waals surface area contributed by atoms with Gasteiger partial charge in [-0.3, -0.25) is 0 Å². The van der Waals surface area contributed by atoms with Crippen LogP contribution in [0, 0.1) is 0 Å². The lowest BCUT2D eigenvalue weighted by Crippen LogP contribution is -2.24. The van der Waals surface area contributed by atoms with Gasteiger partial charge in [0.1, 0.15) is 11.9 Å². The minimum absolute atomic E-state index is 0.611. The van der Waals surface area contributed by atoms with E-state index in [0.29, 0.717) is 5.76 Å². The van der Waals surface area contributed by atoms with Gasteiger partial charge in [-0.2, -0.15) is 0 Å². The molecule has 0 aromatic carbocycles. The molecule has 1 unspecified atom stereocenters. The lowest BCUT2D eigenvalue weighted by atomic mass is 10.0. The van der Waals surface area contributed by atoms with Gasteiger partial charge in [0, 0.05) is 24.9 Å². The number of allylic oxidation sites excluding steroid dienone is 2. The Bertz CT molecular complexity index is 337. The Morgan fingerprint density at radius 2 is 1.89 bits per heavy atom. The zero-order chi connectivity index (χ0) is 14.1. The first-order valence-corrected chi connectivity index (χ1v) is 7.29. The normalized spacial score (nSPS) is 20.5. The molecule has 0 aromatic rings. The van der Waals surface area contributed by atoms with Crippen molar-refractivity contribution in [1.29, 1.82) is 0 Å². The molecular formula is C16H27NO2. The second kappa shape index (κ2) is 8.81. The van der Waals surface area contributed by atoms with Crippen LogP contribution < -0.4 is 0 Å². The van der Waals surface area contributed by atoms with Gasteiger partial charge < -0.3 is 14.7 Å². The van der Waals surface area contributed by atoms with E-state index in [1.165, 1.54) is 25.7 Å². The fraction of sp³-hybridized carbons (Fsp3) is 0.625. The summed E-state index contributed by atoms with van der Waals surface area (Å²) in [6.07, 6.45) is 11.9. The molecule has 0 saturated carbocycles. The van der Waals surface area contributed by atoms with Gasteiger partial charge in [0.15, 0.2) is 0 Å². The molecule has 0 aromatic heterocycles. The third-order valence-corrected chi connectivity index (χ3v) is 3.30. The summed E-state index contributed by atoms with van der Waals surface area (Å²) in [5, 5.41) is 10.2. The fourth-order valence-electron chi connectivity index (χ4n) is 2.07. The molecule has 1 rings (SSSR count). The molecule has 1 atom stereocenters.